The highest BCUT2D eigenvalue weighted by atomic mass is 79.9. The Bertz CT molecular complexity index is 667. The fourth-order valence-electron chi connectivity index (χ4n) is 1.09. The van der Waals surface area contributed by atoms with E-state index in [0.29, 0.717) is 4.47 Å². The zero-order chi connectivity index (χ0) is 13.8. The van der Waals surface area contributed by atoms with Gasteiger partial charge in [0.1, 0.15) is 12.1 Å². The van der Waals surface area contributed by atoms with Gasteiger partial charge in [-0.3, -0.25) is 5.43 Å². The van der Waals surface area contributed by atoms with Crippen LogP contribution in [0.25, 0.3) is 0 Å². The molecule has 8 heteroatoms. The third-order valence-electron chi connectivity index (χ3n) is 1.84. The lowest BCUT2D eigenvalue weighted by Gasteiger charge is -2.07. The van der Waals surface area contributed by atoms with Crippen molar-refractivity contribution >= 4 is 37.2 Å². The summed E-state index contributed by atoms with van der Waals surface area (Å²) < 4.78 is 23.7. The number of anilines is 1. The Kier molecular flexibility index (Phi) is 4.43. The Morgan fingerprint density at radius 3 is 2.50 bits per heavy atom. The number of hydrogen-bond donors (Lipinski definition) is 1. The van der Waals surface area contributed by atoms with Crippen molar-refractivity contribution in [2.45, 2.75) is 4.90 Å². The van der Waals surface area contributed by atoms with Crippen LogP contribution in [0.2, 0.25) is 0 Å². The van der Waals surface area contributed by atoms with Gasteiger partial charge in [-0.05, 0) is 18.2 Å². The summed E-state index contributed by atoms with van der Waals surface area (Å²) in [5.41, 5.74) is 2.20. The number of nitrogens with one attached hydrogen (secondary N) is 1. The van der Waals surface area contributed by atoms with Gasteiger partial charge < -0.3 is 0 Å². The second kappa shape index (κ2) is 5.63. The van der Waals surface area contributed by atoms with Crippen molar-refractivity contribution < 1.29 is 8.42 Å². The van der Waals surface area contributed by atoms with Crippen LogP contribution < -0.4 is 5.43 Å². The van der Waals surface area contributed by atoms with Crippen molar-refractivity contribution in [3.8, 4) is 12.1 Å². The van der Waals surface area contributed by atoms with Crippen molar-refractivity contribution in [3.05, 3.63) is 22.7 Å². The molecule has 1 rings (SSSR count). The molecule has 0 saturated carbocycles. The standard InChI is InChI=1S/C10H7BrN4O2S/c1-18(16,17)10-4-7(11)2-3-9(10)15-14-8(5-12)6-13/h2-4,15H,1H3. The number of nitrogens with zero attached hydrogens (tertiary/aromatic N) is 3. The highest BCUT2D eigenvalue weighted by molar-refractivity contribution is 9.10. The normalized spacial score (nSPS) is 10.0. The molecule has 0 atom stereocenters. The zero-order valence-corrected chi connectivity index (χ0v) is 11.6. The zero-order valence-electron chi connectivity index (χ0n) is 9.18. The molecule has 0 aromatic heterocycles. The van der Waals surface area contributed by atoms with E-state index < -0.39 is 15.5 Å². The number of benzene rings is 1. The summed E-state index contributed by atoms with van der Waals surface area (Å²) in [4.78, 5) is 0.0239. The average Bonchev–Trinajstić information content (AvgIpc) is 2.30. The third-order valence-corrected chi connectivity index (χ3v) is 3.47. The maximum absolute atomic E-state index is 11.6. The third kappa shape index (κ3) is 3.55. The van der Waals surface area contributed by atoms with Gasteiger partial charge in [-0.25, -0.2) is 8.42 Å². The molecule has 1 aromatic carbocycles. The summed E-state index contributed by atoms with van der Waals surface area (Å²) >= 11 is 3.16. The molecule has 0 aliphatic heterocycles. The smallest absolute Gasteiger partial charge is 0.237 e. The van der Waals surface area contributed by atoms with Crippen LogP contribution >= 0.6 is 15.9 Å². The van der Waals surface area contributed by atoms with E-state index in [0.717, 1.165) is 6.26 Å². The molecule has 92 valence electrons. The Morgan fingerprint density at radius 1 is 1.39 bits per heavy atom. The van der Waals surface area contributed by atoms with E-state index in [1.807, 2.05) is 0 Å². The summed E-state index contributed by atoms with van der Waals surface area (Å²) in [5, 5.41) is 20.5. The lowest BCUT2D eigenvalue weighted by atomic mass is 10.3. The summed E-state index contributed by atoms with van der Waals surface area (Å²) in [6.07, 6.45) is 1.05. The molecule has 6 nitrogen and oxygen atoms in total. The maximum atomic E-state index is 11.6. The quantitative estimate of drug-likeness (QED) is 0.671. The first-order valence-electron chi connectivity index (χ1n) is 4.52. The number of sulfone groups is 1. The van der Waals surface area contributed by atoms with Crippen LogP contribution in [0.5, 0.6) is 0 Å². The minimum Gasteiger partial charge on any atom is -0.275 e. The van der Waals surface area contributed by atoms with Crippen LogP contribution in [0, 0.1) is 22.7 Å². The van der Waals surface area contributed by atoms with Gasteiger partial charge in [0, 0.05) is 10.7 Å². The molecular weight excluding hydrogens is 320 g/mol. The van der Waals surface area contributed by atoms with Gasteiger partial charge in [0.2, 0.25) is 5.71 Å². The predicted molar refractivity (Wildman–Crippen MR) is 69.5 cm³/mol. The van der Waals surface area contributed by atoms with Crippen molar-refractivity contribution in [1.82, 2.24) is 0 Å². The number of hydrogen-bond acceptors (Lipinski definition) is 6. The van der Waals surface area contributed by atoms with Gasteiger partial charge in [-0.1, -0.05) is 15.9 Å². The molecule has 0 bridgehead atoms. The van der Waals surface area contributed by atoms with E-state index in [2.05, 4.69) is 26.5 Å². The van der Waals surface area contributed by atoms with Gasteiger partial charge in [0.25, 0.3) is 0 Å². The monoisotopic (exact) mass is 326 g/mol. The van der Waals surface area contributed by atoms with E-state index in [4.69, 9.17) is 10.5 Å². The van der Waals surface area contributed by atoms with Gasteiger partial charge in [-0.2, -0.15) is 15.6 Å². The van der Waals surface area contributed by atoms with Gasteiger partial charge in [0.05, 0.1) is 10.6 Å². The fraction of sp³-hybridized carbons (Fsp3) is 0.100. The minimum atomic E-state index is -3.44. The first-order valence-corrected chi connectivity index (χ1v) is 7.20. The molecule has 1 aromatic rings. The Labute approximate surface area is 113 Å². The topological polar surface area (TPSA) is 106 Å². The maximum Gasteiger partial charge on any atom is 0.237 e. The van der Waals surface area contributed by atoms with Crippen LogP contribution in [0.3, 0.4) is 0 Å². The van der Waals surface area contributed by atoms with Crippen molar-refractivity contribution in [2.75, 3.05) is 11.7 Å². The Balaban J connectivity index is 3.24. The molecule has 0 fully saturated rings. The number of hydrazone groups is 1. The first kappa shape index (κ1) is 14.2. The molecular formula is C10H7BrN4O2S. The summed E-state index contributed by atoms with van der Waals surface area (Å²) in [6, 6.07) is 7.63. The molecule has 0 aliphatic rings. The molecule has 0 radical (unpaired) electrons. The predicted octanol–water partition coefficient (Wildman–Crippen LogP) is 1.67. The lowest BCUT2D eigenvalue weighted by molar-refractivity contribution is 0.602. The number of nitriles is 2. The van der Waals surface area contributed by atoms with E-state index in [9.17, 15) is 8.42 Å². The average molecular weight is 327 g/mol. The largest absolute Gasteiger partial charge is 0.275 e. The van der Waals surface area contributed by atoms with Crippen LogP contribution in [-0.4, -0.2) is 20.4 Å². The first-order chi connectivity index (χ1) is 8.38. The molecule has 0 aliphatic carbocycles. The highest BCUT2D eigenvalue weighted by Crippen LogP contribution is 2.25. The second-order valence-electron chi connectivity index (χ2n) is 3.21. The molecule has 0 unspecified atom stereocenters. The molecule has 18 heavy (non-hydrogen) atoms. The van der Waals surface area contributed by atoms with E-state index >= 15 is 0 Å². The molecule has 0 spiro atoms. The fourth-order valence-corrected chi connectivity index (χ4v) is 2.45. The lowest BCUT2D eigenvalue weighted by Crippen LogP contribution is -2.04. The van der Waals surface area contributed by atoms with Crippen LogP contribution in [0.4, 0.5) is 5.69 Å². The van der Waals surface area contributed by atoms with Crippen molar-refractivity contribution in [3.63, 3.8) is 0 Å². The van der Waals surface area contributed by atoms with Gasteiger partial charge >= 0.3 is 0 Å². The van der Waals surface area contributed by atoms with Gasteiger partial charge in [-0.15, -0.1) is 0 Å². The SMILES string of the molecule is CS(=O)(=O)c1cc(Br)ccc1NN=C(C#N)C#N. The summed E-state index contributed by atoms with van der Waals surface area (Å²) in [5.74, 6) is 0. The van der Waals surface area contributed by atoms with Crippen LogP contribution in [0.1, 0.15) is 0 Å². The summed E-state index contributed by atoms with van der Waals surface area (Å²) in [6.45, 7) is 0. The van der Waals surface area contributed by atoms with Crippen LogP contribution in [-0.2, 0) is 9.84 Å². The minimum absolute atomic E-state index is 0.0239. The Hall–Kier alpha value is -1.90. The second-order valence-corrected chi connectivity index (χ2v) is 6.11. The number of rotatable bonds is 3. The van der Waals surface area contributed by atoms with E-state index in [1.165, 1.54) is 12.1 Å². The van der Waals surface area contributed by atoms with E-state index in [1.54, 1.807) is 18.2 Å². The molecule has 1 N–H and O–H groups in total. The molecule has 0 heterocycles. The molecule has 0 saturated heterocycles. The highest BCUT2D eigenvalue weighted by Gasteiger charge is 2.13. The molecule has 0 amide bonds. The Morgan fingerprint density at radius 2 is 2.00 bits per heavy atom. The summed E-state index contributed by atoms with van der Waals surface area (Å²) in [7, 11) is -3.44. The van der Waals surface area contributed by atoms with E-state index in [-0.39, 0.29) is 10.6 Å². The van der Waals surface area contributed by atoms with Gasteiger partial charge in [0.15, 0.2) is 9.84 Å². The number of halogens is 1. The van der Waals surface area contributed by atoms with Crippen molar-refractivity contribution in [1.29, 1.82) is 10.5 Å². The van der Waals surface area contributed by atoms with Crippen LogP contribution in [0.15, 0.2) is 32.7 Å². The van der Waals surface area contributed by atoms with Crippen molar-refractivity contribution in [2.24, 2.45) is 5.10 Å².